The Morgan fingerprint density at radius 2 is 1.72 bits per heavy atom. The summed E-state index contributed by atoms with van der Waals surface area (Å²) in [5.74, 6) is 0.262. The van der Waals surface area contributed by atoms with Crippen LogP contribution in [0.3, 0.4) is 0 Å². The molecule has 0 aliphatic carbocycles. The lowest BCUT2D eigenvalue weighted by atomic mass is 10.1. The molecular formula is C26H31N2O4-. The number of nitrogens with one attached hydrogen (secondary N) is 1. The van der Waals surface area contributed by atoms with E-state index >= 15 is 0 Å². The highest BCUT2D eigenvalue weighted by molar-refractivity contribution is 5.89. The van der Waals surface area contributed by atoms with Gasteiger partial charge in [-0.1, -0.05) is 35.9 Å². The van der Waals surface area contributed by atoms with Gasteiger partial charge in [-0.3, -0.25) is 0 Å². The first-order valence-electron chi connectivity index (χ1n) is 10.7. The molecule has 0 fully saturated rings. The van der Waals surface area contributed by atoms with Crippen molar-refractivity contribution in [2.24, 2.45) is 0 Å². The third-order valence-electron chi connectivity index (χ3n) is 5.88. The molecule has 0 spiro atoms. The van der Waals surface area contributed by atoms with Crippen molar-refractivity contribution in [3.8, 4) is 11.5 Å². The van der Waals surface area contributed by atoms with Crippen molar-refractivity contribution in [2.45, 2.75) is 40.3 Å². The van der Waals surface area contributed by atoms with Gasteiger partial charge < -0.3 is 29.3 Å². The van der Waals surface area contributed by atoms with E-state index in [2.05, 4.69) is 35.0 Å². The molecule has 0 atom stereocenters. The van der Waals surface area contributed by atoms with Crippen LogP contribution in [-0.4, -0.2) is 31.3 Å². The number of ether oxygens (including phenoxy) is 2. The number of hydrogen-bond acceptors (Lipinski definition) is 5. The van der Waals surface area contributed by atoms with Crippen LogP contribution < -0.4 is 19.9 Å². The second-order valence-electron chi connectivity index (χ2n) is 8.00. The van der Waals surface area contributed by atoms with Crippen LogP contribution in [0.15, 0.2) is 42.5 Å². The quantitative estimate of drug-likeness (QED) is 0.495. The van der Waals surface area contributed by atoms with Crippen molar-refractivity contribution in [1.82, 2.24) is 9.88 Å². The number of carboxylic acids is 1. The van der Waals surface area contributed by atoms with E-state index in [1.165, 1.54) is 5.56 Å². The Morgan fingerprint density at radius 3 is 2.38 bits per heavy atom. The normalized spacial score (nSPS) is 10.9. The summed E-state index contributed by atoms with van der Waals surface area (Å²) >= 11 is 0. The van der Waals surface area contributed by atoms with Crippen LogP contribution in [0.5, 0.6) is 11.5 Å². The zero-order valence-corrected chi connectivity index (χ0v) is 19.5. The highest BCUT2D eigenvalue weighted by Gasteiger charge is 2.18. The molecule has 0 unspecified atom stereocenters. The fourth-order valence-electron chi connectivity index (χ4n) is 4.15. The lowest BCUT2D eigenvalue weighted by Gasteiger charge is -2.11. The summed E-state index contributed by atoms with van der Waals surface area (Å²) < 4.78 is 12.7. The summed E-state index contributed by atoms with van der Waals surface area (Å²) in [5, 5.41) is 15.3. The van der Waals surface area contributed by atoms with Gasteiger partial charge in [0, 0.05) is 30.0 Å². The Labute approximate surface area is 189 Å². The SMILES string of the molecule is COc1ccc(CCNCc2c(C(=O)[O-])c(C)n(Cc3cccc(C)c3)c2C)cc1OC. The van der Waals surface area contributed by atoms with Gasteiger partial charge >= 0.3 is 0 Å². The number of carbonyl (C=O) groups excluding carboxylic acids is 1. The Kier molecular flexibility index (Phi) is 7.59. The first-order chi connectivity index (χ1) is 15.3. The second kappa shape index (κ2) is 10.4. The Balaban J connectivity index is 1.73. The molecule has 1 N–H and O–H groups in total. The lowest BCUT2D eigenvalue weighted by molar-refractivity contribution is -0.255. The maximum atomic E-state index is 11.9. The molecule has 170 valence electrons. The summed E-state index contributed by atoms with van der Waals surface area (Å²) in [6.07, 6.45) is 0.781. The molecule has 0 aliphatic rings. The molecule has 3 aromatic rings. The molecule has 0 amide bonds. The second-order valence-corrected chi connectivity index (χ2v) is 8.00. The number of aryl methyl sites for hydroxylation is 1. The molecule has 0 radical (unpaired) electrons. The van der Waals surface area contributed by atoms with E-state index in [0.717, 1.165) is 34.5 Å². The summed E-state index contributed by atoms with van der Waals surface area (Å²) in [4.78, 5) is 11.9. The van der Waals surface area contributed by atoms with Crippen molar-refractivity contribution >= 4 is 5.97 Å². The van der Waals surface area contributed by atoms with Crippen molar-refractivity contribution < 1.29 is 19.4 Å². The Hall–Kier alpha value is -3.25. The fourth-order valence-corrected chi connectivity index (χ4v) is 4.15. The zero-order valence-electron chi connectivity index (χ0n) is 19.5. The predicted molar refractivity (Wildman–Crippen MR) is 123 cm³/mol. The van der Waals surface area contributed by atoms with E-state index in [0.29, 0.717) is 31.1 Å². The highest BCUT2D eigenvalue weighted by Crippen LogP contribution is 2.28. The molecule has 1 heterocycles. The summed E-state index contributed by atoms with van der Waals surface area (Å²) in [6, 6.07) is 14.1. The molecule has 6 heteroatoms. The molecule has 1 aromatic heterocycles. The average molecular weight is 436 g/mol. The molecule has 0 saturated carbocycles. The van der Waals surface area contributed by atoms with E-state index in [9.17, 15) is 9.90 Å². The van der Waals surface area contributed by atoms with E-state index < -0.39 is 5.97 Å². The maximum Gasteiger partial charge on any atom is 0.160 e. The smallest absolute Gasteiger partial charge is 0.160 e. The predicted octanol–water partition coefficient (Wildman–Crippen LogP) is 3.17. The van der Waals surface area contributed by atoms with Crippen LogP contribution in [0.25, 0.3) is 0 Å². The van der Waals surface area contributed by atoms with Crippen molar-refractivity contribution in [3.63, 3.8) is 0 Å². The van der Waals surface area contributed by atoms with Crippen molar-refractivity contribution in [3.05, 3.63) is 81.7 Å². The third kappa shape index (κ3) is 5.14. The van der Waals surface area contributed by atoms with Gasteiger partial charge in [0.25, 0.3) is 0 Å². The van der Waals surface area contributed by atoms with Crippen molar-refractivity contribution in [1.29, 1.82) is 0 Å². The van der Waals surface area contributed by atoms with Crippen molar-refractivity contribution in [2.75, 3.05) is 20.8 Å². The minimum absolute atomic E-state index is 0.286. The van der Waals surface area contributed by atoms with Crippen LogP contribution in [-0.2, 0) is 19.5 Å². The number of aromatic carboxylic acids is 1. The number of methoxy groups -OCH3 is 2. The number of hydrogen-bond donors (Lipinski definition) is 1. The number of carbonyl (C=O) groups is 1. The number of nitrogens with zero attached hydrogens (tertiary/aromatic N) is 1. The molecule has 0 saturated heterocycles. The van der Waals surface area contributed by atoms with E-state index in [-0.39, 0.29) is 5.56 Å². The summed E-state index contributed by atoms with van der Waals surface area (Å²) in [5.41, 5.74) is 6.17. The first kappa shape index (κ1) is 23.4. The summed E-state index contributed by atoms with van der Waals surface area (Å²) in [7, 11) is 3.23. The van der Waals surface area contributed by atoms with Gasteiger partial charge in [0.2, 0.25) is 0 Å². The Morgan fingerprint density at radius 1 is 0.969 bits per heavy atom. The molecule has 0 bridgehead atoms. The van der Waals surface area contributed by atoms with Gasteiger partial charge in [-0.2, -0.15) is 0 Å². The number of benzene rings is 2. The molecule has 6 nitrogen and oxygen atoms in total. The molecular weight excluding hydrogens is 404 g/mol. The zero-order chi connectivity index (χ0) is 23.3. The monoisotopic (exact) mass is 435 g/mol. The van der Waals surface area contributed by atoms with Crippen LogP contribution in [0.4, 0.5) is 0 Å². The van der Waals surface area contributed by atoms with Gasteiger partial charge in [0.15, 0.2) is 11.5 Å². The average Bonchev–Trinajstić information content (AvgIpc) is 3.00. The van der Waals surface area contributed by atoms with E-state index in [1.54, 1.807) is 14.2 Å². The van der Waals surface area contributed by atoms with E-state index in [4.69, 9.17) is 9.47 Å². The van der Waals surface area contributed by atoms with Crippen LogP contribution >= 0.6 is 0 Å². The number of carboxylic acid groups (broad SMARTS) is 1. The fraction of sp³-hybridized carbons (Fsp3) is 0.346. The standard InChI is InChI=1S/C26H32N2O4/c1-17-7-6-8-21(13-17)16-28-18(2)22(25(19(28)3)26(29)30)15-27-12-11-20-9-10-23(31-4)24(14-20)32-5/h6-10,13-14,27H,11-12,15-16H2,1-5H3,(H,29,30)/p-1. The highest BCUT2D eigenvalue weighted by atomic mass is 16.5. The van der Waals surface area contributed by atoms with Gasteiger partial charge in [0.1, 0.15) is 0 Å². The molecule has 0 aliphatic heterocycles. The van der Waals surface area contributed by atoms with Crippen LogP contribution in [0.1, 0.15) is 44.0 Å². The minimum Gasteiger partial charge on any atom is -0.545 e. The number of rotatable bonds is 10. The van der Waals surface area contributed by atoms with Crippen LogP contribution in [0.2, 0.25) is 0 Å². The maximum absolute atomic E-state index is 11.9. The minimum atomic E-state index is -1.13. The van der Waals surface area contributed by atoms with E-state index in [1.807, 2.05) is 38.1 Å². The number of aromatic nitrogens is 1. The topological polar surface area (TPSA) is 75.5 Å². The van der Waals surface area contributed by atoms with Gasteiger partial charge in [0.05, 0.1) is 20.2 Å². The first-order valence-corrected chi connectivity index (χ1v) is 10.7. The summed E-state index contributed by atoms with van der Waals surface area (Å²) in [6.45, 7) is 7.67. The molecule has 32 heavy (non-hydrogen) atoms. The van der Waals surface area contributed by atoms with Gasteiger partial charge in [-0.15, -0.1) is 0 Å². The molecule has 3 rings (SSSR count). The molecule has 2 aromatic carbocycles. The largest absolute Gasteiger partial charge is 0.545 e. The van der Waals surface area contributed by atoms with Gasteiger partial charge in [-0.05, 0) is 62.6 Å². The third-order valence-corrected chi connectivity index (χ3v) is 5.88. The lowest BCUT2D eigenvalue weighted by Crippen LogP contribution is -2.26. The Bertz CT molecular complexity index is 1100. The van der Waals surface area contributed by atoms with Crippen LogP contribution in [0, 0.1) is 20.8 Å². The van der Waals surface area contributed by atoms with Gasteiger partial charge in [-0.25, -0.2) is 0 Å².